The molecule has 0 aliphatic rings. The Hall–Kier alpha value is -1.40. The lowest BCUT2D eigenvalue weighted by Gasteiger charge is -2.20. The third-order valence-electron chi connectivity index (χ3n) is 2.62. The molecular weight excluding hydrogens is 296 g/mol. The molecule has 96 valence electrons. The summed E-state index contributed by atoms with van der Waals surface area (Å²) < 4.78 is 2.63. The molecule has 0 unspecified atom stereocenters. The number of aliphatic hydroxyl groups excluding tert-OH is 1. The van der Waals surface area contributed by atoms with Gasteiger partial charge in [0.1, 0.15) is 5.82 Å². The summed E-state index contributed by atoms with van der Waals surface area (Å²) in [7, 11) is 3.84. The van der Waals surface area contributed by atoms with Crippen molar-refractivity contribution in [2.75, 3.05) is 11.9 Å². The second-order valence-corrected chi connectivity index (χ2v) is 5.09. The molecule has 5 nitrogen and oxygen atoms in total. The number of aromatic nitrogens is 3. The standard InChI is InChI=1S/C12H15BrN4O/c1-16(6-9-4-15-17(2)7-9)12-10(8-18)3-11(13)5-14-12/h3-5,7,18H,6,8H2,1-2H3. The maximum Gasteiger partial charge on any atom is 0.134 e. The third-order valence-corrected chi connectivity index (χ3v) is 3.05. The Bertz CT molecular complexity index is 541. The molecule has 2 heterocycles. The third kappa shape index (κ3) is 2.88. The monoisotopic (exact) mass is 310 g/mol. The molecule has 2 aromatic rings. The van der Waals surface area contributed by atoms with E-state index in [0.717, 1.165) is 21.4 Å². The van der Waals surface area contributed by atoms with Crippen LogP contribution in [0.5, 0.6) is 0 Å². The van der Waals surface area contributed by atoms with Gasteiger partial charge < -0.3 is 10.0 Å². The lowest BCUT2D eigenvalue weighted by atomic mass is 10.2. The number of anilines is 1. The van der Waals surface area contributed by atoms with Gasteiger partial charge in [-0.2, -0.15) is 5.10 Å². The lowest BCUT2D eigenvalue weighted by molar-refractivity contribution is 0.281. The van der Waals surface area contributed by atoms with Crippen LogP contribution >= 0.6 is 15.9 Å². The fourth-order valence-corrected chi connectivity index (χ4v) is 2.22. The summed E-state index contributed by atoms with van der Waals surface area (Å²) in [6.45, 7) is 0.675. The van der Waals surface area contributed by atoms with Crippen LogP contribution in [0.15, 0.2) is 29.1 Å². The van der Waals surface area contributed by atoms with Crippen molar-refractivity contribution in [1.82, 2.24) is 14.8 Å². The van der Waals surface area contributed by atoms with Crippen molar-refractivity contribution in [1.29, 1.82) is 0 Å². The minimum absolute atomic E-state index is 0.0286. The Labute approximate surface area is 114 Å². The highest BCUT2D eigenvalue weighted by Gasteiger charge is 2.10. The molecule has 18 heavy (non-hydrogen) atoms. The first-order chi connectivity index (χ1) is 8.60. The molecule has 0 saturated carbocycles. The Morgan fingerprint density at radius 1 is 1.44 bits per heavy atom. The molecule has 2 aromatic heterocycles. The molecule has 0 fully saturated rings. The van der Waals surface area contributed by atoms with E-state index >= 15 is 0 Å². The molecule has 0 atom stereocenters. The number of hydrogen-bond acceptors (Lipinski definition) is 4. The first-order valence-electron chi connectivity index (χ1n) is 5.54. The van der Waals surface area contributed by atoms with Gasteiger partial charge in [-0.15, -0.1) is 0 Å². The van der Waals surface area contributed by atoms with E-state index in [1.807, 2.05) is 37.5 Å². The van der Waals surface area contributed by atoms with Crippen molar-refractivity contribution in [2.45, 2.75) is 13.2 Å². The predicted molar refractivity (Wildman–Crippen MR) is 73.2 cm³/mol. The fraction of sp³-hybridized carbons (Fsp3) is 0.333. The molecule has 0 saturated heterocycles. The minimum atomic E-state index is -0.0286. The summed E-state index contributed by atoms with van der Waals surface area (Å²) in [5.74, 6) is 0.782. The number of aliphatic hydroxyl groups is 1. The molecule has 0 aliphatic carbocycles. The first-order valence-corrected chi connectivity index (χ1v) is 6.33. The SMILES string of the molecule is CN(Cc1cnn(C)c1)c1ncc(Br)cc1CO. The summed E-state index contributed by atoms with van der Waals surface area (Å²) in [4.78, 5) is 6.34. The van der Waals surface area contributed by atoms with Gasteiger partial charge in [-0.3, -0.25) is 4.68 Å². The lowest BCUT2D eigenvalue weighted by Crippen LogP contribution is -2.19. The quantitative estimate of drug-likeness (QED) is 0.934. The summed E-state index contributed by atoms with van der Waals surface area (Å²) in [5.41, 5.74) is 1.91. The van der Waals surface area contributed by atoms with Gasteiger partial charge in [0.15, 0.2) is 0 Å². The van der Waals surface area contributed by atoms with Gasteiger partial charge in [0.25, 0.3) is 0 Å². The van der Waals surface area contributed by atoms with Crippen LogP contribution in [0.1, 0.15) is 11.1 Å². The second kappa shape index (κ2) is 5.49. The van der Waals surface area contributed by atoms with Crippen LogP contribution in [-0.2, 0) is 20.2 Å². The van der Waals surface area contributed by atoms with Crippen LogP contribution in [0.25, 0.3) is 0 Å². The van der Waals surface area contributed by atoms with Gasteiger partial charge in [-0.1, -0.05) is 0 Å². The Balaban J connectivity index is 2.20. The van der Waals surface area contributed by atoms with Gasteiger partial charge in [0.2, 0.25) is 0 Å². The molecule has 6 heteroatoms. The maximum atomic E-state index is 9.36. The fourth-order valence-electron chi connectivity index (χ4n) is 1.84. The molecule has 0 spiro atoms. The molecule has 2 rings (SSSR count). The van der Waals surface area contributed by atoms with E-state index in [9.17, 15) is 5.11 Å². The zero-order valence-electron chi connectivity index (χ0n) is 10.3. The number of hydrogen-bond donors (Lipinski definition) is 1. The smallest absolute Gasteiger partial charge is 0.134 e. The highest BCUT2D eigenvalue weighted by molar-refractivity contribution is 9.10. The van der Waals surface area contributed by atoms with E-state index in [1.165, 1.54) is 0 Å². The maximum absolute atomic E-state index is 9.36. The van der Waals surface area contributed by atoms with Crippen LogP contribution in [0.4, 0.5) is 5.82 Å². The van der Waals surface area contributed by atoms with E-state index in [4.69, 9.17) is 0 Å². The van der Waals surface area contributed by atoms with Crippen molar-refractivity contribution in [3.05, 3.63) is 40.3 Å². The number of pyridine rings is 1. The Morgan fingerprint density at radius 2 is 2.22 bits per heavy atom. The van der Waals surface area contributed by atoms with Crippen molar-refractivity contribution < 1.29 is 5.11 Å². The van der Waals surface area contributed by atoms with Crippen molar-refractivity contribution in [3.63, 3.8) is 0 Å². The van der Waals surface area contributed by atoms with Gasteiger partial charge in [0, 0.05) is 48.6 Å². The predicted octanol–water partition coefficient (Wildman–Crippen LogP) is 1.71. The average molecular weight is 311 g/mol. The highest BCUT2D eigenvalue weighted by atomic mass is 79.9. The summed E-state index contributed by atoms with van der Waals surface area (Å²) >= 11 is 3.35. The highest BCUT2D eigenvalue weighted by Crippen LogP contribution is 2.22. The van der Waals surface area contributed by atoms with E-state index in [2.05, 4.69) is 26.0 Å². The molecule has 0 bridgehead atoms. The van der Waals surface area contributed by atoms with Crippen LogP contribution in [0, 0.1) is 0 Å². The van der Waals surface area contributed by atoms with E-state index in [1.54, 1.807) is 10.9 Å². The van der Waals surface area contributed by atoms with Crippen molar-refractivity contribution >= 4 is 21.7 Å². The molecule has 0 aromatic carbocycles. The van der Waals surface area contributed by atoms with Crippen LogP contribution in [-0.4, -0.2) is 26.9 Å². The number of rotatable bonds is 4. The van der Waals surface area contributed by atoms with Crippen LogP contribution < -0.4 is 4.90 Å². The van der Waals surface area contributed by atoms with E-state index in [-0.39, 0.29) is 6.61 Å². The minimum Gasteiger partial charge on any atom is -0.392 e. The summed E-state index contributed by atoms with van der Waals surface area (Å²) in [6.07, 6.45) is 5.52. The molecular formula is C12H15BrN4O. The molecule has 0 amide bonds. The van der Waals surface area contributed by atoms with Crippen LogP contribution in [0.2, 0.25) is 0 Å². The zero-order valence-corrected chi connectivity index (χ0v) is 11.9. The van der Waals surface area contributed by atoms with Crippen molar-refractivity contribution in [2.24, 2.45) is 7.05 Å². The van der Waals surface area contributed by atoms with Crippen LogP contribution in [0.3, 0.4) is 0 Å². The normalized spacial score (nSPS) is 10.7. The van der Waals surface area contributed by atoms with Gasteiger partial charge in [0.05, 0.1) is 12.8 Å². The zero-order chi connectivity index (χ0) is 13.1. The Kier molecular flexibility index (Phi) is 3.98. The van der Waals surface area contributed by atoms with Gasteiger partial charge in [-0.05, 0) is 22.0 Å². The van der Waals surface area contributed by atoms with Gasteiger partial charge >= 0.3 is 0 Å². The summed E-state index contributed by atoms with van der Waals surface area (Å²) in [6, 6.07) is 1.88. The molecule has 0 radical (unpaired) electrons. The average Bonchev–Trinajstić information content (AvgIpc) is 2.74. The second-order valence-electron chi connectivity index (χ2n) is 4.17. The topological polar surface area (TPSA) is 54.2 Å². The number of aryl methyl sites for hydroxylation is 1. The molecule has 1 N–H and O–H groups in total. The number of nitrogens with zero attached hydrogens (tertiary/aromatic N) is 4. The summed E-state index contributed by atoms with van der Waals surface area (Å²) in [5, 5.41) is 13.5. The van der Waals surface area contributed by atoms with E-state index < -0.39 is 0 Å². The van der Waals surface area contributed by atoms with Crippen molar-refractivity contribution in [3.8, 4) is 0 Å². The van der Waals surface area contributed by atoms with E-state index in [0.29, 0.717) is 6.54 Å². The Morgan fingerprint density at radius 3 is 2.83 bits per heavy atom. The largest absolute Gasteiger partial charge is 0.392 e. The molecule has 0 aliphatic heterocycles. The van der Waals surface area contributed by atoms with Gasteiger partial charge in [-0.25, -0.2) is 4.98 Å². The first kappa shape index (κ1) is 13.0. The number of halogens is 1.